The third-order valence-electron chi connectivity index (χ3n) is 3.27. The minimum Gasteiger partial charge on any atom is -0.453 e. The Hall–Kier alpha value is -3.21. The monoisotopic (exact) mass is 308 g/mol. The van der Waals surface area contributed by atoms with Crippen LogP contribution in [-0.2, 0) is 0 Å². The van der Waals surface area contributed by atoms with E-state index in [0.29, 0.717) is 16.9 Å². The van der Waals surface area contributed by atoms with Crippen LogP contribution in [0.3, 0.4) is 0 Å². The number of carbonyl (C=O) groups is 1. The second-order valence-corrected chi connectivity index (χ2v) is 4.80. The number of hydrogen-bond donors (Lipinski definition) is 1. The maximum atomic E-state index is 13.8. The number of para-hydroxylation sites is 1. The van der Waals surface area contributed by atoms with E-state index in [2.05, 4.69) is 4.98 Å². The predicted octanol–water partition coefficient (Wildman–Crippen LogP) is 3.78. The molecule has 4 nitrogen and oxygen atoms in total. The molecule has 2 N–H and O–H groups in total. The van der Waals surface area contributed by atoms with Crippen LogP contribution in [-0.4, -0.2) is 10.9 Å². The number of nitrogens with two attached hydrogens (primary N) is 1. The molecule has 23 heavy (non-hydrogen) atoms. The number of nitrogens with zero attached hydrogens (tertiary/aromatic N) is 1. The molecule has 0 unspecified atom stereocenters. The summed E-state index contributed by atoms with van der Waals surface area (Å²) in [6.45, 7) is 0. The van der Waals surface area contributed by atoms with Crippen LogP contribution < -0.4 is 10.5 Å². The van der Waals surface area contributed by atoms with Crippen LogP contribution in [0, 0.1) is 5.82 Å². The topological polar surface area (TPSA) is 65.2 Å². The Kier molecular flexibility index (Phi) is 4.01. The fourth-order valence-electron chi connectivity index (χ4n) is 2.25. The first-order valence-corrected chi connectivity index (χ1v) is 6.93. The highest BCUT2D eigenvalue weighted by Gasteiger charge is 2.18. The van der Waals surface area contributed by atoms with Gasteiger partial charge in [0.05, 0.1) is 5.56 Å². The van der Waals surface area contributed by atoms with Gasteiger partial charge >= 0.3 is 0 Å². The van der Waals surface area contributed by atoms with Gasteiger partial charge in [-0.2, -0.15) is 0 Å². The Bertz CT molecular complexity index is 851. The SMILES string of the molecule is NC(=O)c1nccc(Oc2ccccc2F)c1-c1ccccc1. The van der Waals surface area contributed by atoms with Crippen molar-refractivity contribution in [2.45, 2.75) is 0 Å². The number of amides is 1. The number of carbonyl (C=O) groups excluding carboxylic acids is 1. The Labute approximate surface area is 132 Å². The molecule has 2 aromatic carbocycles. The van der Waals surface area contributed by atoms with Gasteiger partial charge < -0.3 is 10.5 Å². The van der Waals surface area contributed by atoms with Gasteiger partial charge in [0.1, 0.15) is 11.4 Å². The van der Waals surface area contributed by atoms with Crippen LogP contribution in [0.5, 0.6) is 11.5 Å². The number of hydrogen-bond acceptors (Lipinski definition) is 3. The molecule has 3 rings (SSSR count). The van der Waals surface area contributed by atoms with Crippen molar-refractivity contribution in [3.63, 3.8) is 0 Å². The van der Waals surface area contributed by atoms with E-state index in [-0.39, 0.29) is 11.4 Å². The summed E-state index contributed by atoms with van der Waals surface area (Å²) in [6.07, 6.45) is 1.41. The number of pyridine rings is 1. The van der Waals surface area contributed by atoms with Crippen LogP contribution in [0.15, 0.2) is 66.9 Å². The van der Waals surface area contributed by atoms with Crippen LogP contribution in [0.25, 0.3) is 11.1 Å². The normalized spacial score (nSPS) is 10.3. The Morgan fingerprint density at radius 2 is 1.65 bits per heavy atom. The van der Waals surface area contributed by atoms with Crippen molar-refractivity contribution in [2.24, 2.45) is 5.73 Å². The first kappa shape index (κ1) is 14.7. The summed E-state index contributed by atoms with van der Waals surface area (Å²) in [7, 11) is 0. The molecular formula is C18H13FN2O2. The number of aromatic nitrogens is 1. The van der Waals surface area contributed by atoms with Crippen molar-refractivity contribution in [3.05, 3.63) is 78.4 Å². The van der Waals surface area contributed by atoms with Crippen molar-refractivity contribution in [2.75, 3.05) is 0 Å². The van der Waals surface area contributed by atoms with Gasteiger partial charge in [-0.15, -0.1) is 0 Å². The number of rotatable bonds is 4. The third-order valence-corrected chi connectivity index (χ3v) is 3.27. The zero-order chi connectivity index (χ0) is 16.2. The molecule has 3 aromatic rings. The maximum Gasteiger partial charge on any atom is 0.268 e. The number of halogens is 1. The molecule has 114 valence electrons. The van der Waals surface area contributed by atoms with E-state index >= 15 is 0 Å². The van der Waals surface area contributed by atoms with Gasteiger partial charge in [0.25, 0.3) is 5.91 Å². The maximum absolute atomic E-state index is 13.8. The summed E-state index contributed by atoms with van der Waals surface area (Å²) in [5, 5.41) is 0. The van der Waals surface area contributed by atoms with E-state index in [9.17, 15) is 9.18 Å². The van der Waals surface area contributed by atoms with E-state index in [1.165, 1.54) is 18.3 Å². The number of primary amides is 1. The van der Waals surface area contributed by atoms with Crippen molar-refractivity contribution < 1.29 is 13.9 Å². The van der Waals surface area contributed by atoms with Gasteiger partial charge in [-0.25, -0.2) is 4.39 Å². The lowest BCUT2D eigenvalue weighted by molar-refractivity contribution is 0.0996. The average Bonchev–Trinajstić information content (AvgIpc) is 2.57. The molecule has 0 spiro atoms. The average molecular weight is 308 g/mol. The molecule has 5 heteroatoms. The first-order valence-electron chi connectivity index (χ1n) is 6.93. The van der Waals surface area contributed by atoms with Gasteiger partial charge in [0, 0.05) is 6.20 Å². The molecule has 0 saturated carbocycles. The highest BCUT2D eigenvalue weighted by Crippen LogP contribution is 2.35. The lowest BCUT2D eigenvalue weighted by Gasteiger charge is -2.14. The van der Waals surface area contributed by atoms with E-state index < -0.39 is 11.7 Å². The molecule has 0 radical (unpaired) electrons. The van der Waals surface area contributed by atoms with E-state index in [1.807, 2.05) is 18.2 Å². The summed E-state index contributed by atoms with van der Waals surface area (Å²) in [5.41, 5.74) is 6.63. The molecule has 0 aliphatic heterocycles. The molecule has 0 fully saturated rings. The van der Waals surface area contributed by atoms with Crippen LogP contribution in [0.4, 0.5) is 4.39 Å². The number of benzene rings is 2. The summed E-state index contributed by atoms with van der Waals surface area (Å²) in [6, 6.07) is 16.7. The third kappa shape index (κ3) is 3.03. The molecule has 1 amide bonds. The molecule has 0 aliphatic carbocycles. The molecule has 0 bridgehead atoms. The van der Waals surface area contributed by atoms with Crippen molar-refractivity contribution in [3.8, 4) is 22.6 Å². The molecular weight excluding hydrogens is 295 g/mol. The molecule has 0 atom stereocenters. The zero-order valence-corrected chi connectivity index (χ0v) is 12.1. The Morgan fingerprint density at radius 3 is 2.35 bits per heavy atom. The van der Waals surface area contributed by atoms with Gasteiger partial charge in [-0.3, -0.25) is 9.78 Å². The predicted molar refractivity (Wildman–Crippen MR) is 84.7 cm³/mol. The van der Waals surface area contributed by atoms with Gasteiger partial charge in [0.2, 0.25) is 0 Å². The Balaban J connectivity index is 2.16. The second-order valence-electron chi connectivity index (χ2n) is 4.80. The van der Waals surface area contributed by atoms with Crippen molar-refractivity contribution in [1.82, 2.24) is 4.98 Å². The minimum absolute atomic E-state index is 0.0614. The fourth-order valence-corrected chi connectivity index (χ4v) is 2.25. The molecule has 1 heterocycles. The number of ether oxygens (including phenoxy) is 1. The largest absolute Gasteiger partial charge is 0.453 e. The molecule has 0 aliphatic rings. The van der Waals surface area contributed by atoms with Crippen LogP contribution >= 0.6 is 0 Å². The van der Waals surface area contributed by atoms with Gasteiger partial charge in [-0.1, -0.05) is 42.5 Å². The fraction of sp³-hybridized carbons (Fsp3) is 0. The van der Waals surface area contributed by atoms with E-state index in [1.54, 1.807) is 30.3 Å². The van der Waals surface area contributed by atoms with Gasteiger partial charge in [0.15, 0.2) is 11.6 Å². The van der Waals surface area contributed by atoms with E-state index in [4.69, 9.17) is 10.5 Å². The minimum atomic E-state index is -0.678. The summed E-state index contributed by atoms with van der Waals surface area (Å²) < 4.78 is 19.5. The second kappa shape index (κ2) is 6.27. The van der Waals surface area contributed by atoms with Crippen molar-refractivity contribution in [1.29, 1.82) is 0 Å². The standard InChI is InChI=1S/C18H13FN2O2/c19-13-8-4-5-9-14(13)23-15-10-11-21-17(18(20)22)16(15)12-6-2-1-3-7-12/h1-11H,(H2,20,22). The summed E-state index contributed by atoms with van der Waals surface area (Å²) in [4.78, 5) is 15.7. The Morgan fingerprint density at radius 1 is 0.957 bits per heavy atom. The quantitative estimate of drug-likeness (QED) is 0.797. The van der Waals surface area contributed by atoms with Crippen LogP contribution in [0.2, 0.25) is 0 Å². The van der Waals surface area contributed by atoms with Crippen molar-refractivity contribution >= 4 is 5.91 Å². The molecule has 0 saturated heterocycles. The smallest absolute Gasteiger partial charge is 0.268 e. The summed E-state index contributed by atoms with van der Waals surface area (Å²) >= 11 is 0. The van der Waals surface area contributed by atoms with Crippen LogP contribution in [0.1, 0.15) is 10.5 Å². The van der Waals surface area contributed by atoms with E-state index in [0.717, 1.165) is 0 Å². The summed E-state index contributed by atoms with van der Waals surface area (Å²) in [5.74, 6) is -0.803. The highest BCUT2D eigenvalue weighted by molar-refractivity contribution is 5.99. The van der Waals surface area contributed by atoms with Gasteiger partial charge in [-0.05, 0) is 23.8 Å². The highest BCUT2D eigenvalue weighted by atomic mass is 19.1. The molecule has 1 aromatic heterocycles. The zero-order valence-electron chi connectivity index (χ0n) is 12.1. The first-order chi connectivity index (χ1) is 11.2. The lowest BCUT2D eigenvalue weighted by atomic mass is 10.0. The lowest BCUT2D eigenvalue weighted by Crippen LogP contribution is -2.15.